The van der Waals surface area contributed by atoms with Crippen molar-refractivity contribution in [2.75, 3.05) is 42.5 Å². The van der Waals surface area contributed by atoms with Gasteiger partial charge in [0.15, 0.2) is 5.57 Å². The predicted octanol–water partition coefficient (Wildman–Crippen LogP) is -2.87. The first kappa shape index (κ1) is 36.2. The molecule has 0 saturated heterocycles. The molecule has 0 radical (unpaired) electrons. The van der Waals surface area contributed by atoms with Gasteiger partial charge in [-0.25, -0.2) is 19.2 Å². The molecule has 0 aliphatic rings. The van der Waals surface area contributed by atoms with E-state index >= 15 is 0 Å². The Bertz CT molecular complexity index is 497. The minimum absolute atomic E-state index is 0. The quantitative estimate of drug-likeness (QED) is 0.0882. The summed E-state index contributed by atoms with van der Waals surface area (Å²) in [5.41, 5.74) is -0.218. The van der Waals surface area contributed by atoms with E-state index in [0.717, 1.165) is 0 Å². The number of methoxy groups -OCH3 is 4. The van der Waals surface area contributed by atoms with Crippen molar-refractivity contribution in [3.63, 3.8) is 0 Å². The molecule has 0 aromatic heterocycles. The van der Waals surface area contributed by atoms with E-state index in [9.17, 15) is 19.2 Å². The number of hydrogen-bond acceptors (Lipinski definition) is 9. The van der Waals surface area contributed by atoms with Crippen molar-refractivity contribution in [3.8, 4) is 0 Å². The van der Waals surface area contributed by atoms with Crippen LogP contribution < -0.4 is 12.4 Å². The molecule has 11 heteroatoms. The van der Waals surface area contributed by atoms with Crippen molar-refractivity contribution in [2.45, 2.75) is 6.92 Å². The second-order valence-electron chi connectivity index (χ2n) is 4.18. The van der Waals surface area contributed by atoms with E-state index in [4.69, 9.17) is 0 Å². The molecule has 9 nitrogen and oxygen atoms in total. The Kier molecular flexibility index (Phi) is 27.5. The fourth-order valence-corrected chi connectivity index (χ4v) is 1.21. The van der Waals surface area contributed by atoms with E-state index in [-0.39, 0.29) is 54.0 Å². The Hall–Kier alpha value is -1.78. The van der Waals surface area contributed by atoms with Gasteiger partial charge in [0, 0.05) is 20.3 Å². The second kappa shape index (κ2) is 20.5. The molecule has 0 saturated carbocycles. The normalized spacial score (nSPS) is 7.52. The van der Waals surface area contributed by atoms with Crippen LogP contribution in [0.5, 0.6) is 0 Å². The van der Waals surface area contributed by atoms with Crippen LogP contribution in [-0.2, 0) is 38.1 Å². The molecule has 0 unspecified atom stereocenters. The van der Waals surface area contributed by atoms with Gasteiger partial charge in [0.2, 0.25) is 0 Å². The zero-order valence-electron chi connectivity index (χ0n) is 17.0. The SMILES string of the molecule is CC=C(C(=O)OC)C(=O)OC.COC(=O)C(=CN(C)C)C(=O)OC.[CH3-].[Cl-].[Mg+2]. The summed E-state index contributed by atoms with van der Waals surface area (Å²) in [5, 5.41) is 0. The largest absolute Gasteiger partial charge is 2.00 e. The van der Waals surface area contributed by atoms with E-state index in [0.29, 0.717) is 0 Å². The van der Waals surface area contributed by atoms with Crippen molar-refractivity contribution in [1.82, 2.24) is 4.90 Å². The van der Waals surface area contributed by atoms with E-state index in [2.05, 4.69) is 18.9 Å². The Morgan fingerprint density at radius 2 is 0.963 bits per heavy atom. The van der Waals surface area contributed by atoms with Gasteiger partial charge in [-0.05, 0) is 6.92 Å². The molecule has 0 atom stereocenters. The maximum Gasteiger partial charge on any atom is 2.00 e. The van der Waals surface area contributed by atoms with Gasteiger partial charge in [0.1, 0.15) is 5.57 Å². The Balaban J connectivity index is -0.000000109. The zero-order chi connectivity index (χ0) is 19.3. The molecule has 0 rings (SSSR count). The van der Waals surface area contributed by atoms with Gasteiger partial charge in [0.05, 0.1) is 28.4 Å². The molecule has 0 aliphatic carbocycles. The molecule has 0 aliphatic heterocycles. The molecule has 27 heavy (non-hydrogen) atoms. The molecular weight excluding hydrogens is 394 g/mol. The number of nitrogens with zero attached hydrogens (tertiary/aromatic N) is 1. The van der Waals surface area contributed by atoms with E-state index in [1.807, 2.05) is 0 Å². The molecule has 0 bridgehead atoms. The zero-order valence-corrected chi connectivity index (χ0v) is 19.1. The monoisotopic (exact) mass is 419 g/mol. The first-order valence-corrected chi connectivity index (χ1v) is 6.57. The first-order chi connectivity index (χ1) is 11.2. The summed E-state index contributed by atoms with van der Waals surface area (Å²) in [6.07, 6.45) is 2.69. The van der Waals surface area contributed by atoms with Crippen LogP contribution in [0, 0.1) is 7.43 Å². The van der Waals surface area contributed by atoms with Crippen molar-refractivity contribution >= 4 is 46.9 Å². The standard InChI is InChI=1S/C8H13NO4.C7H10O4.CH3.ClH.Mg/c1-9(2)5-6(7(10)12-3)8(11)13-4;1-4-5(6(8)10-2)7(9)11-3;;;/h5H,1-4H3;4H,1-3H3;1H3;1H;/q;;-1;;+2/p-1. The first-order valence-electron chi connectivity index (χ1n) is 6.57. The van der Waals surface area contributed by atoms with Gasteiger partial charge in [-0.3, -0.25) is 0 Å². The van der Waals surface area contributed by atoms with Crippen molar-refractivity contribution in [2.24, 2.45) is 0 Å². The summed E-state index contributed by atoms with van der Waals surface area (Å²) < 4.78 is 17.4. The number of allylic oxidation sites excluding steroid dienone is 1. The van der Waals surface area contributed by atoms with Crippen LogP contribution >= 0.6 is 0 Å². The van der Waals surface area contributed by atoms with Gasteiger partial charge >= 0.3 is 46.9 Å². The van der Waals surface area contributed by atoms with Crippen LogP contribution in [0.2, 0.25) is 0 Å². The smallest absolute Gasteiger partial charge is 1.00 e. The van der Waals surface area contributed by atoms with Crippen LogP contribution in [0.3, 0.4) is 0 Å². The fourth-order valence-electron chi connectivity index (χ4n) is 1.21. The van der Waals surface area contributed by atoms with Crippen LogP contribution in [0.25, 0.3) is 0 Å². The van der Waals surface area contributed by atoms with Gasteiger partial charge in [-0.15, -0.1) is 0 Å². The molecule has 0 heterocycles. The number of halogens is 1. The second-order valence-corrected chi connectivity index (χ2v) is 4.18. The number of carbonyl (C=O) groups is 4. The van der Waals surface area contributed by atoms with Crippen molar-refractivity contribution < 1.29 is 50.5 Å². The van der Waals surface area contributed by atoms with E-state index in [1.54, 1.807) is 25.9 Å². The molecule has 0 fully saturated rings. The Labute approximate surface area is 182 Å². The van der Waals surface area contributed by atoms with Gasteiger partial charge < -0.3 is 43.7 Å². The van der Waals surface area contributed by atoms with E-state index < -0.39 is 23.9 Å². The molecule has 0 amide bonds. The third-order valence-corrected chi connectivity index (χ3v) is 2.30. The summed E-state index contributed by atoms with van der Waals surface area (Å²) in [6.45, 7) is 1.56. The maximum atomic E-state index is 11.0. The van der Waals surface area contributed by atoms with Crippen LogP contribution in [0.15, 0.2) is 23.4 Å². The minimum Gasteiger partial charge on any atom is -1.00 e. The summed E-state index contributed by atoms with van der Waals surface area (Å²) in [4.78, 5) is 45.1. The van der Waals surface area contributed by atoms with Crippen LogP contribution in [0.1, 0.15) is 6.92 Å². The average Bonchev–Trinajstić information content (AvgIpc) is 2.58. The number of carbonyl (C=O) groups excluding carboxylic acids is 4. The van der Waals surface area contributed by atoms with Gasteiger partial charge in [-0.1, -0.05) is 6.08 Å². The summed E-state index contributed by atoms with van der Waals surface area (Å²) in [5.74, 6) is -2.78. The number of esters is 4. The average molecular weight is 420 g/mol. The molecule has 0 aromatic carbocycles. The molecule has 0 aromatic rings. The molecule has 152 valence electrons. The number of rotatable bonds is 5. The van der Waals surface area contributed by atoms with Crippen LogP contribution in [0.4, 0.5) is 0 Å². The van der Waals surface area contributed by atoms with Gasteiger partial charge in [-0.2, -0.15) is 0 Å². The molecular formula is C16H26ClMgNO8. The summed E-state index contributed by atoms with van der Waals surface area (Å²) in [6, 6.07) is 0. The Morgan fingerprint density at radius 1 is 0.704 bits per heavy atom. The molecule has 0 N–H and O–H groups in total. The summed E-state index contributed by atoms with van der Waals surface area (Å²) >= 11 is 0. The predicted molar refractivity (Wildman–Crippen MR) is 95.8 cm³/mol. The fraction of sp³-hybridized carbons (Fsp3) is 0.438. The maximum absolute atomic E-state index is 11.0. The van der Waals surface area contributed by atoms with E-state index in [1.165, 1.54) is 40.7 Å². The van der Waals surface area contributed by atoms with Crippen molar-refractivity contribution in [1.29, 1.82) is 0 Å². The number of hydrogen-bond donors (Lipinski definition) is 0. The summed E-state index contributed by atoms with van der Waals surface area (Å²) in [7, 11) is 8.19. The molecule has 0 spiro atoms. The minimum atomic E-state index is -0.708. The topological polar surface area (TPSA) is 108 Å². The van der Waals surface area contributed by atoms with Crippen LogP contribution in [-0.4, -0.2) is 94.4 Å². The van der Waals surface area contributed by atoms with Gasteiger partial charge in [0.25, 0.3) is 0 Å². The third-order valence-electron chi connectivity index (χ3n) is 2.30. The van der Waals surface area contributed by atoms with Crippen molar-refractivity contribution in [3.05, 3.63) is 30.8 Å². The Morgan fingerprint density at radius 3 is 1.15 bits per heavy atom. The number of ether oxygens (including phenoxy) is 4. The third kappa shape index (κ3) is 15.0.